The van der Waals surface area contributed by atoms with Gasteiger partial charge in [-0.25, -0.2) is 16.8 Å². The Balaban J connectivity index is 2.29. The van der Waals surface area contributed by atoms with Crippen LogP contribution in [0, 0.1) is 27.7 Å². The van der Waals surface area contributed by atoms with Crippen molar-refractivity contribution in [3.8, 4) is 0 Å². The lowest BCUT2D eigenvalue weighted by Gasteiger charge is -2.14. The Bertz CT molecular complexity index is 941. The smallest absolute Gasteiger partial charge is 0.206 e. The predicted octanol–water partition coefficient (Wildman–Crippen LogP) is 2.09. The van der Waals surface area contributed by atoms with Crippen molar-refractivity contribution in [1.29, 1.82) is 0 Å². The van der Waals surface area contributed by atoms with Gasteiger partial charge in [0.15, 0.2) is 0 Å². The SMILES string of the molecule is Cc1ccc(S(=O)(=O)NNS(=O)(=O)c2c(C)cc(C)cc2C)cc1. The van der Waals surface area contributed by atoms with Gasteiger partial charge in [0.25, 0.3) is 20.0 Å². The Kier molecular flexibility index (Phi) is 5.14. The van der Waals surface area contributed by atoms with Crippen LogP contribution in [-0.2, 0) is 20.0 Å². The summed E-state index contributed by atoms with van der Waals surface area (Å²) in [6, 6.07) is 9.56. The molecular weight excluding hydrogens is 348 g/mol. The Morgan fingerprint density at radius 2 is 1.12 bits per heavy atom. The molecule has 2 N–H and O–H groups in total. The lowest BCUT2D eigenvalue weighted by Crippen LogP contribution is -2.41. The van der Waals surface area contributed by atoms with Gasteiger partial charge in [0.1, 0.15) is 0 Å². The van der Waals surface area contributed by atoms with Crippen LogP contribution in [-0.4, -0.2) is 16.8 Å². The van der Waals surface area contributed by atoms with Crippen LogP contribution in [0.15, 0.2) is 46.2 Å². The summed E-state index contributed by atoms with van der Waals surface area (Å²) in [6.45, 7) is 7.03. The highest BCUT2D eigenvalue weighted by atomic mass is 32.2. The van der Waals surface area contributed by atoms with Crippen LogP contribution in [0.25, 0.3) is 0 Å². The lowest BCUT2D eigenvalue weighted by molar-refractivity contribution is 0.557. The van der Waals surface area contributed by atoms with Gasteiger partial charge in [-0.3, -0.25) is 0 Å². The zero-order valence-electron chi connectivity index (χ0n) is 13.9. The van der Waals surface area contributed by atoms with Gasteiger partial charge in [-0.2, -0.15) is 0 Å². The minimum atomic E-state index is -4.03. The molecule has 0 fully saturated rings. The summed E-state index contributed by atoms with van der Waals surface area (Å²) in [5.41, 5.74) is 2.94. The van der Waals surface area contributed by atoms with E-state index < -0.39 is 20.0 Å². The van der Waals surface area contributed by atoms with Crippen molar-refractivity contribution in [2.24, 2.45) is 0 Å². The van der Waals surface area contributed by atoms with Gasteiger partial charge in [0.2, 0.25) is 0 Å². The van der Waals surface area contributed by atoms with Crippen LogP contribution < -0.4 is 9.66 Å². The van der Waals surface area contributed by atoms with Crippen LogP contribution in [0.3, 0.4) is 0 Å². The quantitative estimate of drug-likeness (QED) is 0.791. The van der Waals surface area contributed by atoms with E-state index in [-0.39, 0.29) is 9.79 Å². The average Bonchev–Trinajstić information content (AvgIpc) is 2.44. The van der Waals surface area contributed by atoms with Gasteiger partial charge in [-0.1, -0.05) is 35.4 Å². The first-order valence-electron chi connectivity index (χ1n) is 7.21. The molecule has 0 aromatic heterocycles. The fourth-order valence-corrected chi connectivity index (χ4v) is 5.09. The van der Waals surface area contributed by atoms with Crippen LogP contribution in [0.1, 0.15) is 22.3 Å². The molecule has 0 amide bonds. The molecule has 0 spiro atoms. The second-order valence-electron chi connectivity index (χ2n) is 5.75. The van der Waals surface area contributed by atoms with Crippen molar-refractivity contribution >= 4 is 20.0 Å². The molecule has 6 nitrogen and oxygen atoms in total. The molecule has 0 heterocycles. The Morgan fingerprint density at radius 1 is 0.667 bits per heavy atom. The summed E-state index contributed by atoms with van der Waals surface area (Å²) < 4.78 is 49.4. The van der Waals surface area contributed by atoms with Crippen molar-refractivity contribution in [2.75, 3.05) is 0 Å². The number of hydrogen-bond acceptors (Lipinski definition) is 4. The van der Waals surface area contributed by atoms with E-state index in [1.54, 1.807) is 38.1 Å². The second kappa shape index (κ2) is 6.64. The van der Waals surface area contributed by atoms with Crippen molar-refractivity contribution < 1.29 is 16.8 Å². The fourth-order valence-electron chi connectivity index (χ4n) is 2.53. The van der Waals surface area contributed by atoms with Crippen LogP contribution >= 0.6 is 0 Å². The standard InChI is InChI=1S/C16H20N2O4S2/c1-11-5-7-15(8-6-11)23(19,20)17-18-24(21,22)16-13(3)9-12(2)10-14(16)4/h5-10,17-18H,1-4H3. The van der Waals surface area contributed by atoms with E-state index in [0.717, 1.165) is 11.1 Å². The van der Waals surface area contributed by atoms with Gasteiger partial charge in [0.05, 0.1) is 9.79 Å². The fraction of sp³-hybridized carbons (Fsp3) is 0.250. The van der Waals surface area contributed by atoms with Crippen LogP contribution in [0.2, 0.25) is 0 Å². The van der Waals surface area contributed by atoms with Crippen molar-refractivity contribution in [3.05, 3.63) is 58.7 Å². The molecule has 24 heavy (non-hydrogen) atoms. The van der Waals surface area contributed by atoms with E-state index >= 15 is 0 Å². The molecule has 130 valence electrons. The average molecular weight is 368 g/mol. The molecule has 2 rings (SSSR count). The zero-order chi connectivity index (χ0) is 18.1. The third-order valence-corrected chi connectivity index (χ3v) is 6.46. The van der Waals surface area contributed by atoms with Crippen molar-refractivity contribution in [3.63, 3.8) is 0 Å². The monoisotopic (exact) mass is 368 g/mol. The Hall–Kier alpha value is -1.74. The molecule has 0 saturated carbocycles. The highest BCUT2D eigenvalue weighted by molar-refractivity contribution is 7.92. The molecule has 0 radical (unpaired) electrons. The maximum atomic E-state index is 12.5. The number of rotatable bonds is 5. The highest BCUT2D eigenvalue weighted by Gasteiger charge is 2.23. The van der Waals surface area contributed by atoms with Crippen LogP contribution in [0.5, 0.6) is 0 Å². The first-order chi connectivity index (χ1) is 11.0. The van der Waals surface area contributed by atoms with E-state index in [9.17, 15) is 16.8 Å². The van der Waals surface area contributed by atoms with E-state index in [2.05, 4.69) is 0 Å². The third-order valence-electron chi connectivity index (χ3n) is 3.52. The van der Waals surface area contributed by atoms with E-state index in [1.165, 1.54) is 12.1 Å². The number of aryl methyl sites for hydroxylation is 4. The predicted molar refractivity (Wildman–Crippen MR) is 92.5 cm³/mol. The maximum absolute atomic E-state index is 12.5. The molecule has 0 bridgehead atoms. The molecule has 0 atom stereocenters. The first kappa shape index (κ1) is 18.6. The van der Waals surface area contributed by atoms with Crippen LogP contribution in [0.4, 0.5) is 0 Å². The van der Waals surface area contributed by atoms with Gasteiger partial charge in [-0.15, -0.1) is 9.66 Å². The molecule has 0 aliphatic rings. The van der Waals surface area contributed by atoms with Gasteiger partial charge < -0.3 is 0 Å². The van der Waals surface area contributed by atoms with Gasteiger partial charge in [-0.05, 0) is 51.0 Å². The summed E-state index contributed by atoms with van der Waals surface area (Å²) in [5.74, 6) is 0. The van der Waals surface area contributed by atoms with E-state index in [4.69, 9.17) is 0 Å². The number of benzene rings is 2. The molecular formula is C16H20N2O4S2. The minimum absolute atomic E-state index is 0.0202. The maximum Gasteiger partial charge on any atom is 0.254 e. The molecule has 0 saturated heterocycles. The van der Waals surface area contributed by atoms with E-state index in [1.807, 2.05) is 23.5 Å². The number of hydrazine groups is 1. The van der Waals surface area contributed by atoms with Gasteiger partial charge >= 0.3 is 0 Å². The Labute approximate surface area is 143 Å². The summed E-state index contributed by atoms with van der Waals surface area (Å²) in [4.78, 5) is 3.95. The Morgan fingerprint density at radius 3 is 1.62 bits per heavy atom. The number of nitrogens with one attached hydrogen (secondary N) is 2. The number of hydrogen-bond donors (Lipinski definition) is 2. The normalized spacial score (nSPS) is 12.3. The zero-order valence-corrected chi connectivity index (χ0v) is 15.5. The summed E-state index contributed by atoms with van der Waals surface area (Å²) in [6.07, 6.45) is 0. The summed E-state index contributed by atoms with van der Waals surface area (Å²) >= 11 is 0. The number of sulfonamides is 2. The molecule has 0 aliphatic heterocycles. The topological polar surface area (TPSA) is 92.3 Å². The van der Waals surface area contributed by atoms with E-state index in [0.29, 0.717) is 11.1 Å². The molecule has 2 aromatic carbocycles. The molecule has 0 aliphatic carbocycles. The summed E-state index contributed by atoms with van der Waals surface area (Å²) in [7, 11) is -8.02. The van der Waals surface area contributed by atoms with Gasteiger partial charge in [0, 0.05) is 0 Å². The highest BCUT2D eigenvalue weighted by Crippen LogP contribution is 2.21. The first-order valence-corrected chi connectivity index (χ1v) is 10.2. The molecule has 8 heteroatoms. The largest absolute Gasteiger partial charge is 0.254 e. The molecule has 0 unspecified atom stereocenters. The minimum Gasteiger partial charge on any atom is -0.206 e. The summed E-state index contributed by atoms with van der Waals surface area (Å²) in [5, 5.41) is 0. The second-order valence-corrected chi connectivity index (χ2v) is 9.05. The van der Waals surface area contributed by atoms with Crippen molar-refractivity contribution in [1.82, 2.24) is 9.66 Å². The molecule has 2 aromatic rings. The lowest BCUT2D eigenvalue weighted by atomic mass is 10.1. The third kappa shape index (κ3) is 4.02. The van der Waals surface area contributed by atoms with Crippen molar-refractivity contribution in [2.45, 2.75) is 37.5 Å².